The number of amides is 1. The van der Waals surface area contributed by atoms with E-state index in [-0.39, 0.29) is 62.0 Å². The molecule has 11 unspecified atom stereocenters. The van der Waals surface area contributed by atoms with Gasteiger partial charge in [0.15, 0.2) is 5.75 Å². The Kier molecular flexibility index (Phi) is 16.4. The number of rotatable bonds is 6. The summed E-state index contributed by atoms with van der Waals surface area (Å²) in [6.45, 7) is 25.3. The van der Waals surface area contributed by atoms with Crippen LogP contribution in [0.3, 0.4) is 0 Å². The molecule has 16 heteroatoms. The van der Waals surface area contributed by atoms with Crippen molar-refractivity contribution in [2.45, 2.75) is 144 Å². The number of fused-ring (bicyclic) bond motifs is 14. The number of phenolic OH excluding ortho intramolecular Hbond substituents is 3. The standard InChI is InChI=1S/C55H74N4O12/c1-28-16-15-17-29(2)53(67)57-44-39(24-56-59-30(3)25-58(26-31(59)4)27-37-18-20-38(21-19-37)54(10,11)12)48(64)41-42(49(44)65)47(63)35(8)51-43(41)52(66)55(13,71-51)69-23-22-40(68-14)32(5)50(70-36(9)60)34(7)46(62)33(6)45(28)61/h15-24,28,30-34,40,45-46,50,61-65H,25-27H2,1-14H3,(H,57,67). The SMILES string of the molecule is COC1C=COC2(C)Oc3c(C)c(O)c4c(O)c(c(C=NN5C(C)CN(Cc6ccc(C(C)(C)C)cc6)CC5C)c(O)c4c3C2=O)NC(=O)C(C)=CC=CC(C)C(O)C(C)C(O)C(C)C(OC(C)=O)C1C. The van der Waals surface area contributed by atoms with E-state index in [1.165, 1.54) is 70.6 Å². The highest BCUT2D eigenvalue weighted by Crippen LogP contribution is 2.55. The number of aromatic hydroxyl groups is 3. The lowest BCUT2D eigenvalue weighted by molar-refractivity contribution is -0.160. The number of benzene rings is 3. The molecule has 1 saturated heterocycles. The van der Waals surface area contributed by atoms with Crippen molar-refractivity contribution in [2.24, 2.45) is 28.8 Å². The number of carbonyl (C=O) groups is 3. The molecule has 0 spiro atoms. The molecule has 11 atom stereocenters. The van der Waals surface area contributed by atoms with Crippen molar-refractivity contribution in [3.05, 3.63) is 88.2 Å². The fourth-order valence-electron chi connectivity index (χ4n) is 10.1. The van der Waals surface area contributed by atoms with Crippen LogP contribution in [0, 0.1) is 30.6 Å². The molecule has 7 rings (SSSR count). The number of nitrogens with zero attached hydrogens (tertiary/aromatic N) is 3. The fourth-order valence-corrected chi connectivity index (χ4v) is 10.1. The number of hydrogen-bond acceptors (Lipinski definition) is 15. The number of ether oxygens (including phenoxy) is 4. The van der Waals surface area contributed by atoms with Crippen LogP contribution in [0.5, 0.6) is 23.0 Å². The van der Waals surface area contributed by atoms with Crippen molar-refractivity contribution >= 4 is 40.3 Å². The number of hydrazone groups is 1. The minimum absolute atomic E-state index is 0.0408. The Balaban J connectivity index is 1.45. The number of anilines is 1. The highest BCUT2D eigenvalue weighted by Gasteiger charge is 2.50. The number of esters is 1. The van der Waals surface area contributed by atoms with Gasteiger partial charge in [0.2, 0.25) is 0 Å². The van der Waals surface area contributed by atoms with Gasteiger partial charge in [-0.05, 0) is 50.3 Å². The largest absolute Gasteiger partial charge is 0.507 e. The lowest BCUT2D eigenvalue weighted by Gasteiger charge is -2.43. The van der Waals surface area contributed by atoms with E-state index in [2.05, 4.69) is 55.3 Å². The van der Waals surface area contributed by atoms with Crippen LogP contribution in [-0.4, -0.2) is 122 Å². The number of methoxy groups -OCH3 is 1. The van der Waals surface area contributed by atoms with E-state index in [9.17, 15) is 39.9 Å². The van der Waals surface area contributed by atoms with E-state index >= 15 is 0 Å². The van der Waals surface area contributed by atoms with Crippen molar-refractivity contribution in [2.75, 3.05) is 25.5 Å². The second-order valence-electron chi connectivity index (χ2n) is 21.1. The zero-order chi connectivity index (χ0) is 52.6. The highest BCUT2D eigenvalue weighted by atomic mass is 16.7. The summed E-state index contributed by atoms with van der Waals surface area (Å²) in [6.07, 6.45) is 4.90. The summed E-state index contributed by atoms with van der Waals surface area (Å²) in [5, 5.41) is 68.4. The molecule has 3 aromatic rings. The lowest BCUT2D eigenvalue weighted by atomic mass is 9.78. The third-order valence-corrected chi connectivity index (χ3v) is 14.5. The van der Waals surface area contributed by atoms with E-state index in [1.54, 1.807) is 39.8 Å². The van der Waals surface area contributed by atoms with Gasteiger partial charge in [0, 0.05) is 80.8 Å². The van der Waals surface area contributed by atoms with E-state index < -0.39 is 88.8 Å². The predicted octanol–water partition coefficient (Wildman–Crippen LogP) is 7.98. The van der Waals surface area contributed by atoms with Crippen LogP contribution >= 0.6 is 0 Å². The number of hydrogen-bond donors (Lipinski definition) is 6. The molecule has 3 aromatic carbocycles. The van der Waals surface area contributed by atoms with Gasteiger partial charge in [0.1, 0.15) is 23.4 Å². The Bertz CT molecular complexity index is 2610. The number of aliphatic hydroxyl groups is 2. The van der Waals surface area contributed by atoms with E-state index in [0.29, 0.717) is 13.1 Å². The minimum Gasteiger partial charge on any atom is -0.507 e. The monoisotopic (exact) mass is 983 g/mol. The Hall–Kier alpha value is -5.94. The van der Waals surface area contributed by atoms with Crippen molar-refractivity contribution < 1.29 is 58.9 Å². The second kappa shape index (κ2) is 21.4. The molecule has 4 heterocycles. The number of phenols is 3. The van der Waals surface area contributed by atoms with Gasteiger partial charge >= 0.3 is 11.8 Å². The Labute approximate surface area is 417 Å². The molecule has 71 heavy (non-hydrogen) atoms. The topological polar surface area (TPSA) is 220 Å². The molecule has 16 nitrogen and oxygen atoms in total. The first-order chi connectivity index (χ1) is 33.2. The van der Waals surface area contributed by atoms with Crippen LogP contribution in [0.4, 0.5) is 5.69 Å². The van der Waals surface area contributed by atoms with E-state index in [0.717, 1.165) is 6.54 Å². The first kappa shape index (κ1) is 54.4. The third-order valence-electron chi connectivity index (χ3n) is 14.5. The molecule has 0 radical (unpaired) electrons. The summed E-state index contributed by atoms with van der Waals surface area (Å²) in [4.78, 5) is 43.6. The molecule has 0 aromatic heterocycles. The van der Waals surface area contributed by atoms with Crippen LogP contribution in [0.1, 0.15) is 116 Å². The zero-order valence-electron chi connectivity index (χ0n) is 43.6. The summed E-state index contributed by atoms with van der Waals surface area (Å²) < 4.78 is 23.9. The van der Waals surface area contributed by atoms with Gasteiger partial charge in [-0.2, -0.15) is 5.10 Å². The first-order valence-electron chi connectivity index (χ1n) is 24.4. The molecule has 5 bridgehead atoms. The molecular formula is C55H74N4O12. The van der Waals surface area contributed by atoms with Crippen molar-refractivity contribution in [3.63, 3.8) is 0 Å². The Morgan fingerprint density at radius 2 is 1.54 bits per heavy atom. The summed E-state index contributed by atoms with van der Waals surface area (Å²) in [5.41, 5.74) is 2.09. The van der Waals surface area contributed by atoms with Crippen LogP contribution in [-0.2, 0) is 35.8 Å². The maximum absolute atomic E-state index is 14.7. The second-order valence-corrected chi connectivity index (χ2v) is 21.1. The van der Waals surface area contributed by atoms with Crippen molar-refractivity contribution in [3.8, 4) is 23.0 Å². The van der Waals surface area contributed by atoms with E-state index in [1.807, 2.05) is 18.9 Å². The highest BCUT2D eigenvalue weighted by molar-refractivity contribution is 6.23. The summed E-state index contributed by atoms with van der Waals surface area (Å²) in [7, 11) is 1.44. The average Bonchev–Trinajstić information content (AvgIpc) is 3.57. The van der Waals surface area contributed by atoms with Gasteiger partial charge in [0.25, 0.3) is 11.7 Å². The van der Waals surface area contributed by atoms with Gasteiger partial charge in [-0.3, -0.25) is 24.3 Å². The zero-order valence-corrected chi connectivity index (χ0v) is 43.6. The molecule has 0 saturated carbocycles. The number of ketones is 1. The summed E-state index contributed by atoms with van der Waals surface area (Å²) in [5.74, 6) is -8.48. The average molecular weight is 983 g/mol. The molecular weight excluding hydrogens is 909 g/mol. The number of piperazine rings is 1. The van der Waals surface area contributed by atoms with Crippen LogP contribution in [0.25, 0.3) is 10.8 Å². The minimum atomic E-state index is -2.07. The van der Waals surface area contributed by atoms with E-state index in [4.69, 9.17) is 24.0 Å². The summed E-state index contributed by atoms with van der Waals surface area (Å²) in [6, 6.07) is 8.43. The Morgan fingerprint density at radius 1 is 0.901 bits per heavy atom. The number of Topliss-reactive ketones (excluding diaryl/α,β-unsaturated/α-hetero) is 1. The number of aliphatic hydroxyl groups excluding tert-OH is 2. The molecule has 4 aliphatic rings. The van der Waals surface area contributed by atoms with Gasteiger partial charge in [0.05, 0.1) is 65.1 Å². The molecule has 1 fully saturated rings. The number of nitrogens with one attached hydrogen (secondary N) is 1. The number of carbonyl (C=O) groups excluding carboxylic acids is 3. The molecule has 386 valence electrons. The maximum atomic E-state index is 14.7. The summed E-state index contributed by atoms with van der Waals surface area (Å²) >= 11 is 0. The molecule has 4 aliphatic heterocycles. The molecule has 6 N–H and O–H groups in total. The quantitative estimate of drug-likeness (QED) is 0.0597. The van der Waals surface area contributed by atoms with Crippen LogP contribution < -0.4 is 10.1 Å². The molecule has 1 amide bonds. The van der Waals surface area contributed by atoms with Crippen molar-refractivity contribution in [1.82, 2.24) is 9.91 Å². The smallest absolute Gasteiger partial charge is 0.312 e. The van der Waals surface area contributed by atoms with Crippen LogP contribution in [0.15, 0.2) is 65.5 Å². The van der Waals surface area contributed by atoms with Gasteiger partial charge in [-0.1, -0.05) is 91.0 Å². The first-order valence-corrected chi connectivity index (χ1v) is 24.4. The fraction of sp³-hybridized carbons (Fsp3) is 0.527. The normalized spacial score (nSPS) is 29.4. The number of allylic oxidation sites excluding steroid dienone is 2. The maximum Gasteiger partial charge on any atom is 0.312 e. The van der Waals surface area contributed by atoms with Gasteiger partial charge in [-0.15, -0.1) is 0 Å². The van der Waals surface area contributed by atoms with Gasteiger partial charge in [-0.25, -0.2) is 0 Å². The van der Waals surface area contributed by atoms with Crippen molar-refractivity contribution in [1.29, 1.82) is 0 Å². The lowest BCUT2D eigenvalue weighted by Crippen LogP contribution is -2.54. The predicted molar refractivity (Wildman–Crippen MR) is 273 cm³/mol. The third kappa shape index (κ3) is 11.1. The van der Waals surface area contributed by atoms with Gasteiger partial charge < -0.3 is 49.8 Å². The molecule has 0 aliphatic carbocycles. The Morgan fingerprint density at radius 3 is 2.13 bits per heavy atom. The van der Waals surface area contributed by atoms with Crippen LogP contribution in [0.2, 0.25) is 0 Å².